The van der Waals surface area contributed by atoms with Gasteiger partial charge in [-0.05, 0) is 21.0 Å². The van der Waals surface area contributed by atoms with E-state index in [-0.39, 0.29) is 10.6 Å². The van der Waals surface area contributed by atoms with Crippen LogP contribution in [0.5, 0.6) is 0 Å². The molecular formula is C14H23ClN4O2. The third-order valence-electron chi connectivity index (χ3n) is 2.65. The van der Waals surface area contributed by atoms with Gasteiger partial charge in [0, 0.05) is 13.1 Å². The zero-order valence-corrected chi connectivity index (χ0v) is 13.6. The number of hydrogen-bond acceptors (Lipinski definition) is 5. The molecule has 0 atom stereocenters. The van der Waals surface area contributed by atoms with Crippen molar-refractivity contribution < 1.29 is 4.74 Å². The Bertz CT molecular complexity index is 528. The largest absolute Gasteiger partial charge is 0.380 e. The van der Waals surface area contributed by atoms with Crippen LogP contribution >= 0.6 is 11.6 Å². The van der Waals surface area contributed by atoms with Crippen molar-refractivity contribution in [2.45, 2.75) is 13.5 Å². The van der Waals surface area contributed by atoms with Crippen LogP contribution in [0.25, 0.3) is 0 Å². The molecule has 1 aromatic heterocycles. The second-order valence-corrected chi connectivity index (χ2v) is 5.52. The molecule has 0 aliphatic rings. The molecule has 0 spiro atoms. The van der Waals surface area contributed by atoms with Gasteiger partial charge < -0.3 is 15.0 Å². The van der Waals surface area contributed by atoms with Crippen molar-refractivity contribution >= 4 is 17.3 Å². The molecule has 0 aliphatic heterocycles. The molecule has 7 heteroatoms. The topological polar surface area (TPSA) is 59.4 Å². The monoisotopic (exact) mass is 314 g/mol. The molecule has 0 aliphatic carbocycles. The van der Waals surface area contributed by atoms with Gasteiger partial charge in [0.25, 0.3) is 5.56 Å². The van der Waals surface area contributed by atoms with E-state index in [2.05, 4.69) is 17.0 Å². The molecule has 0 aromatic carbocycles. The fourth-order valence-electron chi connectivity index (χ4n) is 1.55. The Hall–Kier alpha value is -1.37. The van der Waals surface area contributed by atoms with Gasteiger partial charge in [0.15, 0.2) is 0 Å². The van der Waals surface area contributed by atoms with Crippen molar-refractivity contribution in [2.75, 3.05) is 45.7 Å². The number of rotatable bonds is 9. The molecule has 1 N–H and O–H groups in total. The van der Waals surface area contributed by atoms with E-state index >= 15 is 0 Å². The molecule has 0 unspecified atom stereocenters. The van der Waals surface area contributed by atoms with Gasteiger partial charge in [-0.1, -0.05) is 23.8 Å². The zero-order chi connectivity index (χ0) is 15.8. The van der Waals surface area contributed by atoms with Crippen molar-refractivity contribution in [1.29, 1.82) is 0 Å². The van der Waals surface area contributed by atoms with Crippen LogP contribution in [0.1, 0.15) is 6.92 Å². The summed E-state index contributed by atoms with van der Waals surface area (Å²) in [5, 5.41) is 7.32. The number of hydrogen-bond donors (Lipinski definition) is 1. The fraction of sp³-hybridized carbons (Fsp3) is 0.571. The van der Waals surface area contributed by atoms with Crippen LogP contribution in [-0.2, 0) is 11.3 Å². The van der Waals surface area contributed by atoms with E-state index in [0.717, 1.165) is 12.1 Å². The Kier molecular flexibility index (Phi) is 7.42. The van der Waals surface area contributed by atoms with Crippen LogP contribution in [0, 0.1) is 0 Å². The highest BCUT2D eigenvalue weighted by atomic mass is 35.5. The number of ether oxygens (including phenoxy) is 1. The van der Waals surface area contributed by atoms with E-state index in [1.54, 1.807) is 6.20 Å². The summed E-state index contributed by atoms with van der Waals surface area (Å²) in [6.07, 6.45) is 1.57. The Morgan fingerprint density at radius 3 is 2.90 bits per heavy atom. The van der Waals surface area contributed by atoms with E-state index in [9.17, 15) is 4.79 Å². The second kappa shape index (κ2) is 8.81. The van der Waals surface area contributed by atoms with E-state index < -0.39 is 0 Å². The molecule has 0 amide bonds. The van der Waals surface area contributed by atoms with Crippen molar-refractivity contribution in [3.05, 3.63) is 33.7 Å². The number of aromatic nitrogens is 2. The Morgan fingerprint density at radius 2 is 2.29 bits per heavy atom. The first kappa shape index (κ1) is 17.7. The van der Waals surface area contributed by atoms with Gasteiger partial charge in [-0.25, -0.2) is 4.68 Å². The van der Waals surface area contributed by atoms with Crippen molar-refractivity contribution in [3.8, 4) is 0 Å². The van der Waals surface area contributed by atoms with E-state index in [4.69, 9.17) is 16.3 Å². The number of nitrogens with zero attached hydrogens (tertiary/aromatic N) is 3. The first-order valence-electron chi connectivity index (χ1n) is 6.78. The second-order valence-electron chi connectivity index (χ2n) is 5.14. The molecule has 0 saturated carbocycles. The number of nitrogens with one attached hydrogen (secondary N) is 1. The molecule has 0 saturated heterocycles. The molecule has 0 fully saturated rings. The summed E-state index contributed by atoms with van der Waals surface area (Å²) < 4.78 is 6.73. The Morgan fingerprint density at radius 1 is 1.57 bits per heavy atom. The average molecular weight is 315 g/mol. The lowest BCUT2D eigenvalue weighted by Crippen LogP contribution is -2.29. The van der Waals surface area contributed by atoms with E-state index in [1.165, 1.54) is 4.68 Å². The molecule has 21 heavy (non-hydrogen) atoms. The van der Waals surface area contributed by atoms with Gasteiger partial charge in [0.05, 0.1) is 31.6 Å². The van der Waals surface area contributed by atoms with Gasteiger partial charge >= 0.3 is 0 Å². The molecule has 0 bridgehead atoms. The van der Waals surface area contributed by atoms with E-state index in [0.29, 0.717) is 32.0 Å². The normalized spacial score (nSPS) is 10.9. The summed E-state index contributed by atoms with van der Waals surface area (Å²) in [6, 6.07) is 0. The highest BCUT2D eigenvalue weighted by Gasteiger charge is 2.09. The molecular weight excluding hydrogens is 292 g/mol. The fourth-order valence-corrected chi connectivity index (χ4v) is 1.76. The first-order valence-corrected chi connectivity index (χ1v) is 7.16. The number of anilines is 1. The standard InChI is InChI=1S/C14H23ClN4O2/c1-11(2)10-21-8-5-16-12-9-17-19(7-6-18(3)4)14(20)13(12)15/h9,16H,1,5-8,10H2,2-4H3. The number of halogens is 1. The minimum Gasteiger partial charge on any atom is -0.380 e. The maximum Gasteiger partial charge on any atom is 0.287 e. The highest BCUT2D eigenvalue weighted by Crippen LogP contribution is 2.14. The third kappa shape index (κ3) is 6.29. The lowest BCUT2D eigenvalue weighted by atomic mass is 10.4. The maximum absolute atomic E-state index is 12.0. The van der Waals surface area contributed by atoms with Gasteiger partial charge in [0.1, 0.15) is 5.02 Å². The predicted octanol–water partition coefficient (Wildman–Crippen LogP) is 1.46. The molecule has 1 aromatic rings. The van der Waals surface area contributed by atoms with E-state index in [1.807, 2.05) is 25.9 Å². The molecule has 118 valence electrons. The van der Waals surface area contributed by atoms with Gasteiger partial charge in [-0.15, -0.1) is 0 Å². The minimum absolute atomic E-state index is 0.156. The molecule has 1 heterocycles. The van der Waals surface area contributed by atoms with Crippen LogP contribution in [-0.4, -0.2) is 55.1 Å². The number of likely N-dealkylation sites (N-methyl/N-ethyl adjacent to an activating group) is 1. The summed E-state index contributed by atoms with van der Waals surface area (Å²) >= 11 is 6.07. The van der Waals surface area contributed by atoms with Crippen LogP contribution in [0.15, 0.2) is 23.1 Å². The zero-order valence-electron chi connectivity index (χ0n) is 12.9. The van der Waals surface area contributed by atoms with Crippen molar-refractivity contribution in [3.63, 3.8) is 0 Å². The lowest BCUT2D eigenvalue weighted by Gasteiger charge is -2.12. The first-order chi connectivity index (χ1) is 9.91. The van der Waals surface area contributed by atoms with Crippen LogP contribution in [0.4, 0.5) is 5.69 Å². The van der Waals surface area contributed by atoms with Crippen LogP contribution < -0.4 is 10.9 Å². The molecule has 6 nitrogen and oxygen atoms in total. The van der Waals surface area contributed by atoms with Crippen molar-refractivity contribution in [1.82, 2.24) is 14.7 Å². The Balaban J connectivity index is 2.55. The summed E-state index contributed by atoms with van der Waals surface area (Å²) in [6.45, 7) is 8.48. The SMILES string of the molecule is C=C(C)COCCNc1cnn(CCN(C)C)c(=O)c1Cl. The summed E-state index contributed by atoms with van der Waals surface area (Å²) in [7, 11) is 3.88. The summed E-state index contributed by atoms with van der Waals surface area (Å²) in [5.74, 6) is 0. The van der Waals surface area contributed by atoms with Gasteiger partial charge in [-0.2, -0.15) is 5.10 Å². The van der Waals surface area contributed by atoms with Crippen molar-refractivity contribution in [2.24, 2.45) is 0 Å². The van der Waals surface area contributed by atoms with Crippen LogP contribution in [0.3, 0.4) is 0 Å². The average Bonchev–Trinajstić information content (AvgIpc) is 2.41. The molecule has 1 rings (SSSR count). The summed E-state index contributed by atoms with van der Waals surface area (Å²) in [4.78, 5) is 14.0. The lowest BCUT2D eigenvalue weighted by molar-refractivity contribution is 0.167. The predicted molar refractivity (Wildman–Crippen MR) is 86.2 cm³/mol. The summed E-state index contributed by atoms with van der Waals surface area (Å²) in [5.41, 5.74) is 1.21. The minimum atomic E-state index is -0.286. The third-order valence-corrected chi connectivity index (χ3v) is 3.02. The smallest absolute Gasteiger partial charge is 0.287 e. The van der Waals surface area contributed by atoms with Crippen LogP contribution in [0.2, 0.25) is 5.02 Å². The molecule has 0 radical (unpaired) electrons. The highest BCUT2D eigenvalue weighted by molar-refractivity contribution is 6.32. The van der Waals surface area contributed by atoms with Gasteiger partial charge in [-0.3, -0.25) is 4.79 Å². The quantitative estimate of drug-likeness (QED) is 0.552. The maximum atomic E-state index is 12.0. The van der Waals surface area contributed by atoms with Gasteiger partial charge in [0.2, 0.25) is 0 Å². The Labute approximate surface area is 130 Å².